The summed E-state index contributed by atoms with van der Waals surface area (Å²) in [6.07, 6.45) is 0. The molecule has 0 spiro atoms. The minimum Gasteiger partial charge on any atom is -0.454 e. The molecule has 2 aromatic rings. The van der Waals surface area contributed by atoms with Crippen LogP contribution in [-0.2, 0) is 0 Å². The van der Waals surface area contributed by atoms with Crippen molar-refractivity contribution in [2.24, 2.45) is 0 Å². The van der Waals surface area contributed by atoms with E-state index in [0.717, 1.165) is 12.3 Å². The molecule has 3 heterocycles. The molecule has 0 N–H and O–H groups in total. The van der Waals surface area contributed by atoms with Crippen LogP contribution in [0.2, 0.25) is 0 Å². The van der Waals surface area contributed by atoms with E-state index in [2.05, 4.69) is 11.4 Å². The van der Waals surface area contributed by atoms with Crippen LogP contribution in [-0.4, -0.2) is 29.9 Å². The molecule has 1 aromatic heterocycles. The maximum Gasteiger partial charge on any atom is 0.255 e. The number of thiophene rings is 1. The van der Waals surface area contributed by atoms with Crippen molar-refractivity contribution in [1.82, 2.24) is 4.90 Å². The third-order valence-electron chi connectivity index (χ3n) is 3.56. The number of rotatable bonds is 2. The lowest BCUT2D eigenvalue weighted by Gasteiger charge is -2.23. The Morgan fingerprint density at radius 2 is 2.14 bits per heavy atom. The highest BCUT2D eigenvalue weighted by molar-refractivity contribution is 7.99. The number of ether oxygens (including phenoxy) is 2. The van der Waals surface area contributed by atoms with Crippen molar-refractivity contribution < 1.29 is 14.3 Å². The standard InChI is InChI=1S/C15H13NO3S2/c17-14(10-3-4-11-12(8-10)19-9-18-11)16-5-7-21-15(16)13-2-1-6-20-13/h1-4,6,8,15H,5,7,9H2. The summed E-state index contributed by atoms with van der Waals surface area (Å²) in [5.74, 6) is 2.38. The third kappa shape index (κ3) is 2.28. The maximum atomic E-state index is 12.8. The Hall–Kier alpha value is -1.66. The van der Waals surface area contributed by atoms with Crippen LogP contribution in [0.1, 0.15) is 20.6 Å². The minimum atomic E-state index is 0.0525. The molecule has 1 unspecified atom stereocenters. The van der Waals surface area contributed by atoms with Gasteiger partial charge in [-0.15, -0.1) is 23.1 Å². The van der Waals surface area contributed by atoms with Gasteiger partial charge < -0.3 is 14.4 Å². The summed E-state index contributed by atoms with van der Waals surface area (Å²) in [5.41, 5.74) is 0.656. The molecule has 4 rings (SSSR count). The van der Waals surface area contributed by atoms with E-state index >= 15 is 0 Å². The first-order chi connectivity index (χ1) is 10.3. The molecular weight excluding hydrogens is 306 g/mol. The summed E-state index contributed by atoms with van der Waals surface area (Å²) in [7, 11) is 0. The number of hydrogen-bond acceptors (Lipinski definition) is 5. The molecule has 0 aliphatic carbocycles. The fourth-order valence-electron chi connectivity index (χ4n) is 2.54. The normalized spacial score (nSPS) is 20.0. The van der Waals surface area contributed by atoms with Gasteiger partial charge in [0.2, 0.25) is 6.79 Å². The Morgan fingerprint density at radius 3 is 3.00 bits per heavy atom. The predicted octanol–water partition coefficient (Wildman–Crippen LogP) is 3.36. The number of fused-ring (bicyclic) bond motifs is 1. The zero-order chi connectivity index (χ0) is 14.2. The molecule has 1 fully saturated rings. The largest absolute Gasteiger partial charge is 0.454 e. The van der Waals surface area contributed by atoms with E-state index in [1.165, 1.54) is 4.88 Å². The number of nitrogens with zero attached hydrogens (tertiary/aromatic N) is 1. The van der Waals surface area contributed by atoms with Gasteiger partial charge >= 0.3 is 0 Å². The zero-order valence-electron chi connectivity index (χ0n) is 11.2. The lowest BCUT2D eigenvalue weighted by atomic mass is 10.1. The van der Waals surface area contributed by atoms with Gasteiger partial charge in [-0.3, -0.25) is 4.79 Å². The van der Waals surface area contributed by atoms with Gasteiger partial charge in [-0.25, -0.2) is 0 Å². The molecule has 6 heteroatoms. The van der Waals surface area contributed by atoms with Crippen LogP contribution < -0.4 is 9.47 Å². The summed E-state index contributed by atoms with van der Waals surface area (Å²) < 4.78 is 10.6. The van der Waals surface area contributed by atoms with Gasteiger partial charge in [0.15, 0.2) is 11.5 Å². The molecular formula is C15H13NO3S2. The van der Waals surface area contributed by atoms with E-state index in [1.807, 2.05) is 28.8 Å². The van der Waals surface area contributed by atoms with E-state index in [1.54, 1.807) is 23.5 Å². The monoisotopic (exact) mass is 319 g/mol. The zero-order valence-corrected chi connectivity index (χ0v) is 12.8. The van der Waals surface area contributed by atoms with Crippen LogP contribution >= 0.6 is 23.1 Å². The second kappa shape index (κ2) is 5.27. The van der Waals surface area contributed by atoms with Crippen molar-refractivity contribution in [3.63, 3.8) is 0 Å². The van der Waals surface area contributed by atoms with E-state index in [4.69, 9.17) is 9.47 Å². The number of hydrogen-bond donors (Lipinski definition) is 0. The average molecular weight is 319 g/mol. The Bertz CT molecular complexity index is 672. The van der Waals surface area contributed by atoms with Gasteiger partial charge in [-0.2, -0.15) is 0 Å². The Balaban J connectivity index is 1.62. The van der Waals surface area contributed by atoms with Crippen molar-refractivity contribution in [2.45, 2.75) is 5.37 Å². The highest BCUT2D eigenvalue weighted by Gasteiger charge is 2.32. The van der Waals surface area contributed by atoms with Gasteiger partial charge in [-0.05, 0) is 29.6 Å². The highest BCUT2D eigenvalue weighted by Crippen LogP contribution is 2.41. The molecule has 1 atom stereocenters. The quantitative estimate of drug-likeness (QED) is 0.851. The van der Waals surface area contributed by atoms with E-state index in [9.17, 15) is 4.79 Å². The fraction of sp³-hybridized carbons (Fsp3) is 0.267. The first kappa shape index (κ1) is 13.0. The van der Waals surface area contributed by atoms with Crippen molar-refractivity contribution in [3.05, 3.63) is 46.2 Å². The van der Waals surface area contributed by atoms with Crippen LogP contribution in [0.5, 0.6) is 11.5 Å². The molecule has 108 valence electrons. The van der Waals surface area contributed by atoms with E-state index < -0.39 is 0 Å². The smallest absolute Gasteiger partial charge is 0.255 e. The predicted molar refractivity (Wildman–Crippen MR) is 83.1 cm³/mol. The molecule has 0 bridgehead atoms. The number of carbonyl (C=O) groups excluding carboxylic acids is 1. The first-order valence-corrected chi connectivity index (χ1v) is 8.61. The highest BCUT2D eigenvalue weighted by atomic mass is 32.2. The van der Waals surface area contributed by atoms with Crippen LogP contribution in [0, 0.1) is 0 Å². The van der Waals surface area contributed by atoms with Crippen LogP contribution in [0.25, 0.3) is 0 Å². The van der Waals surface area contributed by atoms with Crippen LogP contribution in [0.15, 0.2) is 35.7 Å². The topological polar surface area (TPSA) is 38.8 Å². The Morgan fingerprint density at radius 1 is 1.24 bits per heavy atom. The van der Waals surface area contributed by atoms with Crippen molar-refractivity contribution in [1.29, 1.82) is 0 Å². The molecule has 0 radical (unpaired) electrons. The summed E-state index contributed by atoms with van der Waals surface area (Å²) in [5, 5.41) is 2.18. The second-order valence-corrected chi connectivity index (χ2v) is 6.97. The van der Waals surface area contributed by atoms with Gasteiger partial charge in [0.1, 0.15) is 5.37 Å². The van der Waals surface area contributed by atoms with Crippen LogP contribution in [0.3, 0.4) is 0 Å². The number of amides is 1. The van der Waals surface area contributed by atoms with Gasteiger partial charge in [0, 0.05) is 22.7 Å². The van der Waals surface area contributed by atoms with Crippen LogP contribution in [0.4, 0.5) is 0 Å². The Kier molecular flexibility index (Phi) is 3.27. The molecule has 2 aliphatic heterocycles. The summed E-state index contributed by atoms with van der Waals surface area (Å²) in [4.78, 5) is 15.9. The summed E-state index contributed by atoms with van der Waals surface area (Å²) in [6.45, 7) is 1.00. The third-order valence-corrected chi connectivity index (χ3v) is 5.87. The fourth-order valence-corrected chi connectivity index (χ4v) is 4.78. The molecule has 0 saturated carbocycles. The first-order valence-electron chi connectivity index (χ1n) is 6.68. The number of thioether (sulfide) groups is 1. The lowest BCUT2D eigenvalue weighted by molar-refractivity contribution is 0.0761. The number of carbonyl (C=O) groups is 1. The number of benzene rings is 1. The average Bonchev–Trinajstić information content (AvgIpc) is 3.24. The van der Waals surface area contributed by atoms with Gasteiger partial charge in [-0.1, -0.05) is 6.07 Å². The van der Waals surface area contributed by atoms with Crippen molar-refractivity contribution in [3.8, 4) is 11.5 Å². The van der Waals surface area contributed by atoms with Crippen molar-refractivity contribution in [2.75, 3.05) is 19.1 Å². The SMILES string of the molecule is O=C(c1ccc2c(c1)OCO2)N1CCSC1c1cccs1. The molecule has 4 nitrogen and oxygen atoms in total. The van der Waals surface area contributed by atoms with Gasteiger partial charge in [0.25, 0.3) is 5.91 Å². The maximum absolute atomic E-state index is 12.8. The molecule has 1 amide bonds. The van der Waals surface area contributed by atoms with E-state index in [-0.39, 0.29) is 18.1 Å². The summed E-state index contributed by atoms with van der Waals surface area (Å²) in [6, 6.07) is 9.51. The minimum absolute atomic E-state index is 0.0525. The Labute approximate surface area is 130 Å². The lowest BCUT2D eigenvalue weighted by Crippen LogP contribution is -2.30. The molecule has 1 aromatic carbocycles. The van der Waals surface area contributed by atoms with E-state index in [0.29, 0.717) is 17.1 Å². The molecule has 1 saturated heterocycles. The second-order valence-electron chi connectivity index (χ2n) is 4.81. The van der Waals surface area contributed by atoms with Gasteiger partial charge in [0.05, 0.1) is 0 Å². The summed E-state index contributed by atoms with van der Waals surface area (Å²) >= 11 is 3.51. The molecule has 21 heavy (non-hydrogen) atoms. The van der Waals surface area contributed by atoms with Crippen molar-refractivity contribution >= 4 is 29.0 Å². The molecule has 2 aliphatic rings.